The molecule has 120 valence electrons. The second-order valence-electron chi connectivity index (χ2n) is 4.85. The number of rotatable bonds is 2. The van der Waals surface area contributed by atoms with Gasteiger partial charge < -0.3 is 10.4 Å². The number of carbonyl (C=O) groups is 2. The van der Waals surface area contributed by atoms with E-state index in [0.29, 0.717) is 21.1 Å². The van der Waals surface area contributed by atoms with Crippen LogP contribution in [0.1, 0.15) is 15.9 Å². The zero-order valence-electron chi connectivity index (χ0n) is 12.2. The Hall–Kier alpha value is -2.57. The van der Waals surface area contributed by atoms with Gasteiger partial charge in [0, 0.05) is 16.1 Å². The van der Waals surface area contributed by atoms with E-state index in [1.165, 1.54) is 6.07 Å². The molecule has 0 bridgehead atoms. The van der Waals surface area contributed by atoms with Crippen molar-refractivity contribution in [2.75, 3.05) is 0 Å². The van der Waals surface area contributed by atoms with Crippen molar-refractivity contribution in [3.63, 3.8) is 0 Å². The first-order valence-corrected chi connectivity index (χ1v) is 8.10. The first-order valence-electron chi connectivity index (χ1n) is 6.90. The molecule has 0 atom stereocenters. The highest BCUT2D eigenvalue weighted by molar-refractivity contribution is 8.18. The number of para-hydroxylation sites is 1. The SMILES string of the molecule is O=C1NC(=NC(=O)c2ccc(Cl)cc2)S/C1=C\c1ccccc1O. The molecule has 24 heavy (non-hydrogen) atoms. The number of hydrogen-bond donors (Lipinski definition) is 2. The van der Waals surface area contributed by atoms with Crippen molar-refractivity contribution in [2.24, 2.45) is 4.99 Å². The second-order valence-corrected chi connectivity index (χ2v) is 6.32. The van der Waals surface area contributed by atoms with Crippen LogP contribution in [0.5, 0.6) is 5.75 Å². The molecule has 0 radical (unpaired) electrons. The fraction of sp³-hybridized carbons (Fsp3) is 0. The highest BCUT2D eigenvalue weighted by Gasteiger charge is 2.25. The molecule has 0 unspecified atom stereocenters. The zero-order valence-corrected chi connectivity index (χ0v) is 13.8. The van der Waals surface area contributed by atoms with Gasteiger partial charge in [0.2, 0.25) is 0 Å². The summed E-state index contributed by atoms with van der Waals surface area (Å²) < 4.78 is 0. The lowest BCUT2D eigenvalue weighted by atomic mass is 10.2. The fourth-order valence-corrected chi connectivity index (χ4v) is 2.92. The van der Waals surface area contributed by atoms with E-state index in [9.17, 15) is 14.7 Å². The van der Waals surface area contributed by atoms with E-state index in [-0.39, 0.29) is 16.8 Å². The van der Waals surface area contributed by atoms with E-state index in [0.717, 1.165) is 11.8 Å². The number of nitrogens with zero attached hydrogens (tertiary/aromatic N) is 1. The number of amidine groups is 1. The summed E-state index contributed by atoms with van der Waals surface area (Å²) in [5.41, 5.74) is 0.889. The number of thioether (sulfide) groups is 1. The molecular weight excluding hydrogens is 348 g/mol. The van der Waals surface area contributed by atoms with Gasteiger partial charge in [-0.2, -0.15) is 4.99 Å². The maximum absolute atomic E-state index is 12.1. The monoisotopic (exact) mass is 358 g/mol. The van der Waals surface area contributed by atoms with Crippen LogP contribution in [0.3, 0.4) is 0 Å². The number of aromatic hydroxyl groups is 1. The van der Waals surface area contributed by atoms with Crippen molar-refractivity contribution >= 4 is 46.4 Å². The van der Waals surface area contributed by atoms with Gasteiger partial charge >= 0.3 is 0 Å². The Balaban J connectivity index is 1.80. The lowest BCUT2D eigenvalue weighted by molar-refractivity contribution is -0.115. The highest BCUT2D eigenvalue weighted by Crippen LogP contribution is 2.28. The van der Waals surface area contributed by atoms with Gasteiger partial charge in [0.25, 0.3) is 11.8 Å². The lowest BCUT2D eigenvalue weighted by Crippen LogP contribution is -2.20. The fourth-order valence-electron chi connectivity index (χ4n) is 1.98. The van der Waals surface area contributed by atoms with Gasteiger partial charge in [-0.25, -0.2) is 0 Å². The summed E-state index contributed by atoms with van der Waals surface area (Å²) in [5.74, 6) is -0.773. The van der Waals surface area contributed by atoms with Crippen molar-refractivity contribution in [2.45, 2.75) is 0 Å². The van der Waals surface area contributed by atoms with Gasteiger partial charge in [-0.1, -0.05) is 29.8 Å². The van der Waals surface area contributed by atoms with E-state index in [1.807, 2.05) is 0 Å². The number of amides is 2. The maximum Gasteiger partial charge on any atom is 0.279 e. The molecule has 2 aromatic rings. The summed E-state index contributed by atoms with van der Waals surface area (Å²) in [6.07, 6.45) is 1.55. The summed E-state index contributed by atoms with van der Waals surface area (Å²) in [7, 11) is 0. The minimum Gasteiger partial charge on any atom is -0.507 e. The molecule has 0 saturated carbocycles. The van der Waals surface area contributed by atoms with Crippen LogP contribution in [0.2, 0.25) is 5.02 Å². The number of phenols is 1. The molecule has 0 spiro atoms. The number of aliphatic imine (C=N–C) groups is 1. The molecule has 2 aromatic carbocycles. The van der Waals surface area contributed by atoms with Crippen molar-refractivity contribution in [1.29, 1.82) is 0 Å². The average Bonchev–Trinajstić information content (AvgIpc) is 2.89. The van der Waals surface area contributed by atoms with Gasteiger partial charge in [0.1, 0.15) is 5.75 Å². The molecule has 3 rings (SSSR count). The Bertz CT molecular complexity index is 876. The third kappa shape index (κ3) is 3.67. The van der Waals surface area contributed by atoms with Crippen LogP contribution in [0, 0.1) is 0 Å². The standard InChI is InChI=1S/C17H11ClN2O3S/c18-12-7-5-10(6-8-12)15(22)19-17-20-16(23)14(24-17)9-11-3-1-2-4-13(11)21/h1-9,21H,(H,19,20,22,23)/b14-9-. The molecule has 7 heteroatoms. The third-order valence-electron chi connectivity index (χ3n) is 3.17. The van der Waals surface area contributed by atoms with Crippen LogP contribution in [0.25, 0.3) is 6.08 Å². The van der Waals surface area contributed by atoms with Crippen LogP contribution in [-0.2, 0) is 4.79 Å². The van der Waals surface area contributed by atoms with Crippen molar-refractivity contribution < 1.29 is 14.7 Å². The zero-order chi connectivity index (χ0) is 17.1. The number of phenolic OH excluding ortho intramolecular Hbond substituents is 1. The first-order chi connectivity index (χ1) is 11.5. The molecule has 1 heterocycles. The molecule has 1 aliphatic rings. The van der Waals surface area contributed by atoms with E-state index < -0.39 is 5.91 Å². The molecule has 2 amide bonds. The molecular formula is C17H11ClN2O3S. The van der Waals surface area contributed by atoms with Gasteiger partial charge in [-0.15, -0.1) is 0 Å². The summed E-state index contributed by atoms with van der Waals surface area (Å²) in [6, 6.07) is 13.0. The molecule has 1 fully saturated rings. The van der Waals surface area contributed by atoms with E-state index in [4.69, 9.17) is 11.6 Å². The predicted octanol–water partition coefficient (Wildman–Crippen LogP) is 3.45. The predicted molar refractivity (Wildman–Crippen MR) is 95.0 cm³/mol. The molecule has 1 aliphatic heterocycles. The van der Waals surface area contributed by atoms with Gasteiger partial charge in [0.15, 0.2) is 5.17 Å². The number of nitrogens with one attached hydrogen (secondary N) is 1. The number of hydrogen-bond acceptors (Lipinski definition) is 4. The summed E-state index contributed by atoms with van der Waals surface area (Å²) >= 11 is 6.82. The van der Waals surface area contributed by atoms with Gasteiger partial charge in [-0.05, 0) is 48.2 Å². The largest absolute Gasteiger partial charge is 0.507 e. The summed E-state index contributed by atoms with van der Waals surface area (Å²) in [6.45, 7) is 0. The number of carbonyl (C=O) groups excluding carboxylic acids is 2. The van der Waals surface area contributed by atoms with E-state index >= 15 is 0 Å². The van der Waals surface area contributed by atoms with Crippen LogP contribution < -0.4 is 5.32 Å². The van der Waals surface area contributed by atoms with Crippen LogP contribution >= 0.6 is 23.4 Å². The second kappa shape index (κ2) is 6.90. The quantitative estimate of drug-likeness (QED) is 0.806. The average molecular weight is 359 g/mol. The Morgan fingerprint density at radius 2 is 1.88 bits per heavy atom. The van der Waals surface area contributed by atoms with Crippen molar-refractivity contribution in [3.05, 3.63) is 69.6 Å². The number of halogens is 1. The summed E-state index contributed by atoms with van der Waals surface area (Å²) in [5, 5.41) is 13.0. The van der Waals surface area contributed by atoms with E-state index in [2.05, 4.69) is 10.3 Å². The number of benzene rings is 2. The molecule has 2 N–H and O–H groups in total. The summed E-state index contributed by atoms with van der Waals surface area (Å²) in [4.78, 5) is 28.3. The Labute approximate surface area is 147 Å². The Morgan fingerprint density at radius 3 is 2.58 bits per heavy atom. The van der Waals surface area contributed by atoms with Crippen LogP contribution in [0.15, 0.2) is 58.4 Å². The minimum atomic E-state index is -0.474. The Kier molecular flexibility index (Phi) is 4.69. The molecule has 5 nitrogen and oxygen atoms in total. The minimum absolute atomic E-state index is 0.0704. The van der Waals surface area contributed by atoms with Gasteiger partial charge in [0.05, 0.1) is 4.91 Å². The normalized spacial score (nSPS) is 17.3. The topological polar surface area (TPSA) is 78.8 Å². The molecule has 0 aromatic heterocycles. The molecule has 1 saturated heterocycles. The van der Waals surface area contributed by atoms with Crippen molar-refractivity contribution in [3.8, 4) is 5.75 Å². The lowest BCUT2D eigenvalue weighted by Gasteiger charge is -1.98. The van der Waals surface area contributed by atoms with Crippen molar-refractivity contribution in [1.82, 2.24) is 5.32 Å². The highest BCUT2D eigenvalue weighted by atomic mass is 35.5. The van der Waals surface area contributed by atoms with Crippen LogP contribution in [0.4, 0.5) is 0 Å². The van der Waals surface area contributed by atoms with Crippen LogP contribution in [-0.4, -0.2) is 22.1 Å². The molecule has 0 aliphatic carbocycles. The van der Waals surface area contributed by atoms with E-state index in [1.54, 1.807) is 48.5 Å². The Morgan fingerprint density at radius 1 is 1.17 bits per heavy atom. The van der Waals surface area contributed by atoms with Gasteiger partial charge in [-0.3, -0.25) is 9.59 Å². The first kappa shape index (κ1) is 16.3. The maximum atomic E-state index is 12.1. The smallest absolute Gasteiger partial charge is 0.279 e. The third-order valence-corrected chi connectivity index (χ3v) is 4.33.